The monoisotopic (exact) mass is 459 g/mol. The third kappa shape index (κ3) is 5.75. The molecule has 0 atom stereocenters. The van der Waals surface area contributed by atoms with E-state index >= 15 is 0 Å². The third-order valence-electron chi connectivity index (χ3n) is 4.55. The zero-order valence-electron chi connectivity index (χ0n) is 18.0. The van der Waals surface area contributed by atoms with Gasteiger partial charge in [-0.1, -0.05) is 18.2 Å². The SMILES string of the molecule is COc1ccc(/C=C/C(=O)Oc2cccc(Nc3nc(-c4ccccn4)cs3)c2)cc1OC. The van der Waals surface area contributed by atoms with Crippen LogP contribution in [0.15, 0.2) is 78.3 Å². The molecule has 0 saturated heterocycles. The molecule has 0 spiro atoms. The molecule has 4 rings (SSSR count). The number of thiazole rings is 1. The summed E-state index contributed by atoms with van der Waals surface area (Å²) in [6, 6.07) is 18.2. The van der Waals surface area contributed by atoms with E-state index in [0.29, 0.717) is 22.4 Å². The summed E-state index contributed by atoms with van der Waals surface area (Å²) in [5.41, 5.74) is 3.15. The lowest BCUT2D eigenvalue weighted by Gasteiger charge is -2.07. The van der Waals surface area contributed by atoms with Crippen molar-refractivity contribution in [2.75, 3.05) is 19.5 Å². The van der Waals surface area contributed by atoms with Crippen molar-refractivity contribution in [1.29, 1.82) is 0 Å². The minimum Gasteiger partial charge on any atom is -0.493 e. The number of carbonyl (C=O) groups excluding carboxylic acids is 1. The van der Waals surface area contributed by atoms with Crippen molar-refractivity contribution in [2.24, 2.45) is 0 Å². The van der Waals surface area contributed by atoms with Crippen molar-refractivity contribution in [3.63, 3.8) is 0 Å². The Balaban J connectivity index is 1.39. The highest BCUT2D eigenvalue weighted by Crippen LogP contribution is 2.29. The molecule has 0 saturated carbocycles. The molecule has 33 heavy (non-hydrogen) atoms. The number of carbonyl (C=O) groups is 1. The summed E-state index contributed by atoms with van der Waals surface area (Å²) in [5, 5.41) is 5.89. The van der Waals surface area contributed by atoms with Crippen molar-refractivity contribution >= 4 is 34.2 Å². The predicted molar refractivity (Wildman–Crippen MR) is 129 cm³/mol. The molecule has 8 heteroatoms. The molecule has 0 fully saturated rings. The quantitative estimate of drug-likeness (QED) is 0.209. The molecule has 0 bridgehead atoms. The van der Waals surface area contributed by atoms with Crippen molar-refractivity contribution in [3.8, 4) is 28.6 Å². The van der Waals surface area contributed by atoms with Crippen LogP contribution in [-0.4, -0.2) is 30.2 Å². The van der Waals surface area contributed by atoms with Gasteiger partial charge in [0.1, 0.15) is 11.4 Å². The third-order valence-corrected chi connectivity index (χ3v) is 5.31. The van der Waals surface area contributed by atoms with Crippen LogP contribution in [0.1, 0.15) is 5.56 Å². The predicted octanol–water partition coefficient (Wildman–Crippen LogP) is 5.58. The van der Waals surface area contributed by atoms with E-state index in [1.165, 1.54) is 17.4 Å². The largest absolute Gasteiger partial charge is 0.493 e. The summed E-state index contributed by atoms with van der Waals surface area (Å²) in [6.07, 6.45) is 4.75. The van der Waals surface area contributed by atoms with E-state index < -0.39 is 5.97 Å². The van der Waals surface area contributed by atoms with E-state index in [0.717, 1.165) is 22.6 Å². The standard InChI is InChI=1S/C25H21N3O4S/c1-30-22-11-9-17(14-23(22)31-2)10-12-24(29)32-19-7-5-6-18(15-19)27-25-28-21(16-33-25)20-8-3-4-13-26-20/h3-16H,1-2H3,(H,27,28)/b12-10+. The number of rotatable bonds is 8. The van der Waals surface area contributed by atoms with Gasteiger partial charge in [0, 0.05) is 29.4 Å². The summed E-state index contributed by atoms with van der Waals surface area (Å²) < 4.78 is 15.9. The Bertz CT molecular complexity index is 1270. The smallest absolute Gasteiger partial charge is 0.336 e. The van der Waals surface area contributed by atoms with E-state index in [9.17, 15) is 4.79 Å². The van der Waals surface area contributed by atoms with E-state index in [-0.39, 0.29) is 0 Å². The summed E-state index contributed by atoms with van der Waals surface area (Å²) in [5.74, 6) is 1.13. The zero-order chi connectivity index (χ0) is 23.0. The first-order chi connectivity index (χ1) is 16.1. The lowest BCUT2D eigenvalue weighted by atomic mass is 10.2. The summed E-state index contributed by atoms with van der Waals surface area (Å²) in [7, 11) is 3.13. The highest BCUT2D eigenvalue weighted by Gasteiger charge is 2.08. The van der Waals surface area contributed by atoms with Gasteiger partial charge >= 0.3 is 5.97 Å². The van der Waals surface area contributed by atoms with Crippen molar-refractivity contribution in [2.45, 2.75) is 0 Å². The molecule has 1 N–H and O–H groups in total. The number of pyridine rings is 1. The van der Waals surface area contributed by atoms with E-state index in [1.807, 2.05) is 35.7 Å². The number of ether oxygens (including phenoxy) is 3. The van der Waals surface area contributed by atoms with Crippen molar-refractivity contribution in [1.82, 2.24) is 9.97 Å². The molecule has 0 amide bonds. The summed E-state index contributed by atoms with van der Waals surface area (Å²) in [6.45, 7) is 0. The molecule has 166 valence electrons. The Morgan fingerprint density at radius 2 is 1.85 bits per heavy atom. The minimum atomic E-state index is -0.492. The molecule has 0 radical (unpaired) electrons. The van der Waals surface area contributed by atoms with Gasteiger partial charge in [-0.3, -0.25) is 4.98 Å². The highest BCUT2D eigenvalue weighted by molar-refractivity contribution is 7.14. The molecule has 2 heterocycles. The number of hydrogen-bond donors (Lipinski definition) is 1. The molecule has 7 nitrogen and oxygen atoms in total. The number of anilines is 2. The average molecular weight is 460 g/mol. The second-order valence-electron chi connectivity index (χ2n) is 6.77. The fourth-order valence-electron chi connectivity index (χ4n) is 2.99. The number of methoxy groups -OCH3 is 2. The van der Waals surface area contributed by atoms with Crippen LogP contribution in [0.25, 0.3) is 17.5 Å². The van der Waals surface area contributed by atoms with E-state index in [2.05, 4.69) is 15.3 Å². The lowest BCUT2D eigenvalue weighted by molar-refractivity contribution is -0.128. The lowest BCUT2D eigenvalue weighted by Crippen LogP contribution is -2.04. The molecule has 0 aliphatic carbocycles. The highest BCUT2D eigenvalue weighted by atomic mass is 32.1. The van der Waals surface area contributed by atoms with Gasteiger partial charge in [0.25, 0.3) is 0 Å². The van der Waals surface area contributed by atoms with Gasteiger partial charge in [-0.05, 0) is 48.0 Å². The molecule has 2 aromatic carbocycles. The first kappa shape index (κ1) is 22.0. The Morgan fingerprint density at radius 1 is 0.970 bits per heavy atom. The topological polar surface area (TPSA) is 82.6 Å². The summed E-state index contributed by atoms with van der Waals surface area (Å²) in [4.78, 5) is 21.2. The number of nitrogens with one attached hydrogen (secondary N) is 1. The Hall–Kier alpha value is -4.17. The van der Waals surface area contributed by atoms with Crippen LogP contribution in [0.4, 0.5) is 10.8 Å². The van der Waals surface area contributed by atoms with Gasteiger partial charge in [-0.25, -0.2) is 9.78 Å². The molecule has 0 aliphatic heterocycles. The van der Waals surface area contributed by atoms with Gasteiger partial charge in [-0.15, -0.1) is 11.3 Å². The Kier molecular flexibility index (Phi) is 6.96. The van der Waals surface area contributed by atoms with Gasteiger partial charge in [0.2, 0.25) is 0 Å². The molecule has 2 aromatic heterocycles. The first-order valence-electron chi connectivity index (χ1n) is 10.0. The van der Waals surface area contributed by atoms with Crippen LogP contribution in [0, 0.1) is 0 Å². The van der Waals surface area contributed by atoms with Crippen molar-refractivity contribution < 1.29 is 19.0 Å². The maximum atomic E-state index is 12.3. The Labute approximate surface area is 195 Å². The molecular formula is C25H21N3O4S. The maximum Gasteiger partial charge on any atom is 0.336 e. The van der Waals surface area contributed by atoms with E-state index in [4.69, 9.17) is 14.2 Å². The molecule has 4 aromatic rings. The molecular weight excluding hydrogens is 438 g/mol. The van der Waals surface area contributed by atoms with Crippen LogP contribution in [-0.2, 0) is 4.79 Å². The van der Waals surface area contributed by atoms with Crippen LogP contribution in [0.2, 0.25) is 0 Å². The summed E-state index contributed by atoms with van der Waals surface area (Å²) >= 11 is 1.47. The first-order valence-corrected chi connectivity index (χ1v) is 10.9. The maximum absolute atomic E-state index is 12.3. The van der Waals surface area contributed by atoms with Crippen molar-refractivity contribution in [3.05, 3.63) is 83.9 Å². The van der Waals surface area contributed by atoms with Crippen LogP contribution in [0.3, 0.4) is 0 Å². The van der Waals surface area contributed by atoms with Crippen LogP contribution in [0.5, 0.6) is 17.2 Å². The second-order valence-corrected chi connectivity index (χ2v) is 7.63. The Morgan fingerprint density at radius 3 is 2.64 bits per heavy atom. The van der Waals surface area contributed by atoms with Gasteiger partial charge in [0.05, 0.1) is 19.9 Å². The van der Waals surface area contributed by atoms with Crippen LogP contribution < -0.4 is 19.5 Å². The van der Waals surface area contributed by atoms with Crippen LogP contribution >= 0.6 is 11.3 Å². The number of aromatic nitrogens is 2. The second kappa shape index (κ2) is 10.4. The van der Waals surface area contributed by atoms with Gasteiger partial charge in [-0.2, -0.15) is 0 Å². The number of benzene rings is 2. The van der Waals surface area contributed by atoms with Gasteiger partial charge in [0.15, 0.2) is 16.6 Å². The molecule has 0 aliphatic rings. The fraction of sp³-hybridized carbons (Fsp3) is 0.0800. The normalized spacial score (nSPS) is 10.7. The molecule has 0 unspecified atom stereocenters. The zero-order valence-corrected chi connectivity index (χ0v) is 18.8. The average Bonchev–Trinajstić information content (AvgIpc) is 3.31. The fourth-order valence-corrected chi connectivity index (χ4v) is 3.72. The number of hydrogen-bond acceptors (Lipinski definition) is 8. The minimum absolute atomic E-state index is 0.420. The van der Waals surface area contributed by atoms with Gasteiger partial charge < -0.3 is 19.5 Å². The van der Waals surface area contributed by atoms with E-state index in [1.54, 1.807) is 56.8 Å². The number of nitrogens with zero attached hydrogens (tertiary/aromatic N) is 2. The number of esters is 1.